The van der Waals surface area contributed by atoms with Crippen LogP contribution in [0.5, 0.6) is 0 Å². The van der Waals surface area contributed by atoms with Crippen molar-refractivity contribution in [1.82, 2.24) is 10.2 Å². The molecule has 1 aromatic heterocycles. The fourth-order valence-corrected chi connectivity index (χ4v) is 1.50. The normalized spacial score (nSPS) is 10.6. The fourth-order valence-electron chi connectivity index (χ4n) is 1.50. The highest BCUT2D eigenvalue weighted by Gasteiger charge is 2.11. The van der Waals surface area contributed by atoms with Crippen molar-refractivity contribution in [2.75, 3.05) is 0 Å². The molecule has 2 aromatic rings. The molecule has 0 spiro atoms. The number of nitro groups is 1. The predicted molar refractivity (Wildman–Crippen MR) is 52.1 cm³/mol. The highest BCUT2D eigenvalue weighted by molar-refractivity contribution is 5.83. The van der Waals surface area contributed by atoms with Gasteiger partial charge in [-0.1, -0.05) is 6.92 Å². The van der Waals surface area contributed by atoms with Crippen molar-refractivity contribution in [3.05, 3.63) is 34.0 Å². The lowest BCUT2D eigenvalue weighted by Gasteiger charge is -1.98. The van der Waals surface area contributed by atoms with E-state index in [1.54, 1.807) is 12.3 Å². The Labute approximate surface area is 79.9 Å². The predicted octanol–water partition coefficient (Wildman–Crippen LogP) is 2.03. The number of fused-ring (bicyclic) bond motifs is 1. The molecule has 1 heterocycles. The third-order valence-electron chi connectivity index (χ3n) is 2.21. The number of aryl methyl sites for hydroxylation is 1. The second-order valence-electron chi connectivity index (χ2n) is 3.05. The topological polar surface area (TPSA) is 71.8 Å². The van der Waals surface area contributed by atoms with E-state index in [0.29, 0.717) is 0 Å². The minimum atomic E-state index is -0.383. The Morgan fingerprint density at radius 1 is 1.57 bits per heavy atom. The van der Waals surface area contributed by atoms with Crippen LogP contribution in [0.1, 0.15) is 12.5 Å². The summed E-state index contributed by atoms with van der Waals surface area (Å²) in [4.78, 5) is 10.2. The van der Waals surface area contributed by atoms with E-state index in [1.165, 1.54) is 6.07 Å². The molecule has 5 heteroatoms. The van der Waals surface area contributed by atoms with Crippen molar-refractivity contribution in [1.29, 1.82) is 0 Å². The molecule has 5 nitrogen and oxygen atoms in total. The van der Waals surface area contributed by atoms with Crippen LogP contribution >= 0.6 is 0 Å². The van der Waals surface area contributed by atoms with Crippen LogP contribution in [0.25, 0.3) is 10.9 Å². The second-order valence-corrected chi connectivity index (χ2v) is 3.05. The van der Waals surface area contributed by atoms with E-state index < -0.39 is 0 Å². The van der Waals surface area contributed by atoms with E-state index >= 15 is 0 Å². The maximum absolute atomic E-state index is 10.6. The average molecular weight is 191 g/mol. The van der Waals surface area contributed by atoms with Crippen LogP contribution in [0.2, 0.25) is 0 Å². The Hall–Kier alpha value is -1.91. The van der Waals surface area contributed by atoms with E-state index in [0.717, 1.165) is 22.9 Å². The third-order valence-corrected chi connectivity index (χ3v) is 2.21. The van der Waals surface area contributed by atoms with Gasteiger partial charge in [-0.3, -0.25) is 15.2 Å². The summed E-state index contributed by atoms with van der Waals surface area (Å²) in [5, 5.41) is 18.1. The number of non-ortho nitro benzene ring substituents is 1. The van der Waals surface area contributed by atoms with E-state index in [2.05, 4.69) is 10.2 Å². The molecule has 0 fully saturated rings. The van der Waals surface area contributed by atoms with Crippen molar-refractivity contribution in [2.45, 2.75) is 13.3 Å². The van der Waals surface area contributed by atoms with Crippen LogP contribution in [0.3, 0.4) is 0 Å². The van der Waals surface area contributed by atoms with Gasteiger partial charge in [-0.15, -0.1) is 0 Å². The minimum Gasteiger partial charge on any atom is -0.278 e. The number of aromatic nitrogens is 2. The monoisotopic (exact) mass is 191 g/mol. The van der Waals surface area contributed by atoms with Gasteiger partial charge in [0.25, 0.3) is 5.69 Å². The van der Waals surface area contributed by atoms with E-state index in [1.807, 2.05) is 6.92 Å². The smallest absolute Gasteiger partial charge is 0.270 e. The molecule has 0 bridgehead atoms. The molecule has 0 unspecified atom stereocenters. The van der Waals surface area contributed by atoms with Gasteiger partial charge >= 0.3 is 0 Å². The number of hydrogen-bond donors (Lipinski definition) is 1. The Balaban J connectivity index is 2.73. The van der Waals surface area contributed by atoms with Crippen molar-refractivity contribution in [3.8, 4) is 0 Å². The number of hydrogen-bond acceptors (Lipinski definition) is 3. The van der Waals surface area contributed by atoms with E-state index in [4.69, 9.17) is 0 Å². The maximum atomic E-state index is 10.6. The summed E-state index contributed by atoms with van der Waals surface area (Å²) in [6.07, 6.45) is 2.35. The molecule has 0 saturated heterocycles. The maximum Gasteiger partial charge on any atom is 0.270 e. The van der Waals surface area contributed by atoms with Crippen LogP contribution < -0.4 is 0 Å². The number of benzene rings is 1. The molecule has 72 valence electrons. The van der Waals surface area contributed by atoms with Crippen molar-refractivity contribution >= 4 is 16.6 Å². The van der Waals surface area contributed by atoms with Crippen molar-refractivity contribution < 1.29 is 4.92 Å². The molecule has 0 aliphatic carbocycles. The average Bonchev–Trinajstić information content (AvgIpc) is 2.63. The van der Waals surface area contributed by atoms with Crippen LogP contribution in [0.4, 0.5) is 5.69 Å². The highest BCUT2D eigenvalue weighted by atomic mass is 16.6. The Bertz CT molecular complexity index is 490. The molecule has 1 aromatic carbocycles. The van der Waals surface area contributed by atoms with Gasteiger partial charge in [-0.25, -0.2) is 0 Å². The van der Waals surface area contributed by atoms with Crippen LogP contribution in [0, 0.1) is 10.1 Å². The van der Waals surface area contributed by atoms with Gasteiger partial charge in [-0.05, 0) is 12.0 Å². The zero-order valence-corrected chi connectivity index (χ0v) is 7.65. The summed E-state index contributed by atoms with van der Waals surface area (Å²) < 4.78 is 0. The number of rotatable bonds is 2. The van der Waals surface area contributed by atoms with E-state index in [-0.39, 0.29) is 10.6 Å². The first-order valence-electron chi connectivity index (χ1n) is 4.32. The zero-order chi connectivity index (χ0) is 10.1. The quantitative estimate of drug-likeness (QED) is 0.583. The van der Waals surface area contributed by atoms with Crippen LogP contribution in [-0.4, -0.2) is 15.1 Å². The molecule has 0 saturated carbocycles. The van der Waals surface area contributed by atoms with Crippen LogP contribution in [-0.2, 0) is 6.42 Å². The van der Waals surface area contributed by atoms with E-state index in [9.17, 15) is 10.1 Å². The standard InChI is InChI=1S/C9H9N3O2/c1-2-6-3-8(12(13)14)4-7-5-10-11-9(6)7/h3-5H,2H2,1H3,(H,10,11). The van der Waals surface area contributed by atoms with Gasteiger partial charge in [0.15, 0.2) is 0 Å². The van der Waals surface area contributed by atoms with Gasteiger partial charge in [0, 0.05) is 17.5 Å². The SMILES string of the molecule is CCc1cc([N+](=O)[O-])cc2cn[nH]c12. The van der Waals surface area contributed by atoms with Gasteiger partial charge in [-0.2, -0.15) is 5.10 Å². The minimum absolute atomic E-state index is 0.121. The van der Waals surface area contributed by atoms with Gasteiger partial charge in [0.1, 0.15) is 0 Å². The summed E-state index contributed by atoms with van der Waals surface area (Å²) >= 11 is 0. The molecule has 0 amide bonds. The number of nitrogens with one attached hydrogen (secondary N) is 1. The Morgan fingerprint density at radius 3 is 3.00 bits per heavy atom. The number of aromatic amines is 1. The first-order chi connectivity index (χ1) is 6.72. The number of nitro benzene ring substituents is 1. The van der Waals surface area contributed by atoms with Crippen molar-refractivity contribution in [3.63, 3.8) is 0 Å². The van der Waals surface area contributed by atoms with Crippen LogP contribution in [0.15, 0.2) is 18.3 Å². The summed E-state index contributed by atoms with van der Waals surface area (Å²) in [6.45, 7) is 1.96. The highest BCUT2D eigenvalue weighted by Crippen LogP contribution is 2.23. The largest absolute Gasteiger partial charge is 0.278 e. The lowest BCUT2D eigenvalue weighted by atomic mass is 10.1. The lowest BCUT2D eigenvalue weighted by molar-refractivity contribution is -0.384. The molecule has 14 heavy (non-hydrogen) atoms. The molecule has 1 N–H and O–H groups in total. The zero-order valence-electron chi connectivity index (χ0n) is 7.65. The summed E-state index contributed by atoms with van der Waals surface area (Å²) in [5.41, 5.74) is 1.93. The molecular formula is C9H9N3O2. The summed E-state index contributed by atoms with van der Waals surface area (Å²) in [6, 6.07) is 3.11. The molecule has 0 aliphatic rings. The second kappa shape index (κ2) is 3.10. The first-order valence-corrected chi connectivity index (χ1v) is 4.32. The number of nitrogens with zero attached hydrogens (tertiary/aromatic N) is 2. The van der Waals surface area contributed by atoms with Gasteiger partial charge in [0.2, 0.25) is 0 Å². The molecule has 0 atom stereocenters. The van der Waals surface area contributed by atoms with Gasteiger partial charge in [0.05, 0.1) is 16.6 Å². The molecular weight excluding hydrogens is 182 g/mol. The first kappa shape index (κ1) is 8.68. The lowest BCUT2D eigenvalue weighted by Crippen LogP contribution is -1.91. The van der Waals surface area contributed by atoms with Gasteiger partial charge < -0.3 is 0 Å². The third kappa shape index (κ3) is 1.22. The van der Waals surface area contributed by atoms with Crippen molar-refractivity contribution in [2.24, 2.45) is 0 Å². The molecule has 2 rings (SSSR count). The summed E-state index contributed by atoms with van der Waals surface area (Å²) in [5.74, 6) is 0. The molecule has 0 aliphatic heterocycles. The fraction of sp³-hybridized carbons (Fsp3) is 0.222. The Kier molecular flexibility index (Phi) is 1.92. The molecule has 0 radical (unpaired) electrons. The summed E-state index contributed by atoms with van der Waals surface area (Å²) in [7, 11) is 0. The Morgan fingerprint density at radius 2 is 2.36 bits per heavy atom. The number of H-pyrrole nitrogens is 1.